The van der Waals surface area contributed by atoms with Crippen molar-refractivity contribution in [3.8, 4) is 5.75 Å². The zero-order valence-electron chi connectivity index (χ0n) is 12.8. The molecule has 1 atom stereocenters. The van der Waals surface area contributed by atoms with Gasteiger partial charge in [0.25, 0.3) is 0 Å². The average molecular weight is 344 g/mol. The second-order valence-electron chi connectivity index (χ2n) is 6.07. The molecular weight excluding hydrogens is 329 g/mol. The summed E-state index contributed by atoms with van der Waals surface area (Å²) in [5.41, 5.74) is -3.01. The number of fused-ring (bicyclic) bond motifs is 3. The molecule has 7 heteroatoms. The first-order valence-corrected chi connectivity index (χ1v) is 7.82. The summed E-state index contributed by atoms with van der Waals surface area (Å²) < 4.78 is 48.8. The van der Waals surface area contributed by atoms with E-state index in [1.807, 2.05) is 19.9 Å². The molecule has 0 unspecified atom stereocenters. The standard InChI is InChI=1S/C16H15F3O3S/c1-15(2)10-6-8(21-3)4-5-9(10)12-11(15)7-22-14(20)13(12)23-16(17,18)19/h4-6,11H,7H2,1-3H3/t11-/m1/s1. The van der Waals surface area contributed by atoms with Crippen molar-refractivity contribution in [3.05, 3.63) is 34.2 Å². The van der Waals surface area contributed by atoms with Gasteiger partial charge in [0, 0.05) is 11.3 Å². The van der Waals surface area contributed by atoms with Crippen molar-refractivity contribution in [1.29, 1.82) is 0 Å². The highest BCUT2D eigenvalue weighted by Gasteiger charge is 2.50. The molecule has 2 aliphatic rings. The Bertz CT molecular complexity index is 707. The summed E-state index contributed by atoms with van der Waals surface area (Å²) in [4.78, 5) is 11.6. The normalized spacial score (nSPS) is 22.5. The Labute approximate surface area is 135 Å². The lowest BCUT2D eigenvalue weighted by atomic mass is 9.77. The van der Waals surface area contributed by atoms with E-state index in [-0.39, 0.29) is 29.2 Å². The van der Waals surface area contributed by atoms with Gasteiger partial charge in [-0.1, -0.05) is 19.9 Å². The van der Waals surface area contributed by atoms with Crippen LogP contribution < -0.4 is 4.74 Å². The van der Waals surface area contributed by atoms with Gasteiger partial charge < -0.3 is 9.47 Å². The molecule has 1 aromatic carbocycles. The number of carbonyl (C=O) groups excluding carboxylic acids is 1. The van der Waals surface area contributed by atoms with Gasteiger partial charge in [-0.25, -0.2) is 4.79 Å². The van der Waals surface area contributed by atoms with Crippen molar-refractivity contribution in [3.63, 3.8) is 0 Å². The van der Waals surface area contributed by atoms with Crippen LogP contribution in [0.2, 0.25) is 0 Å². The van der Waals surface area contributed by atoms with E-state index >= 15 is 0 Å². The zero-order chi connectivity index (χ0) is 17.0. The number of halogens is 3. The Morgan fingerprint density at radius 1 is 1.35 bits per heavy atom. The van der Waals surface area contributed by atoms with Crippen molar-refractivity contribution in [1.82, 2.24) is 0 Å². The molecule has 1 heterocycles. The summed E-state index contributed by atoms with van der Waals surface area (Å²) in [6.45, 7) is 3.97. The Hall–Kier alpha value is -1.63. The van der Waals surface area contributed by atoms with Gasteiger partial charge in [0.1, 0.15) is 10.7 Å². The fourth-order valence-corrected chi connectivity index (χ4v) is 4.01. The lowest BCUT2D eigenvalue weighted by Crippen LogP contribution is -2.33. The lowest BCUT2D eigenvalue weighted by molar-refractivity contribution is -0.140. The van der Waals surface area contributed by atoms with Crippen molar-refractivity contribution in [2.45, 2.75) is 24.8 Å². The Morgan fingerprint density at radius 2 is 2.04 bits per heavy atom. The largest absolute Gasteiger partial charge is 0.497 e. The third-order valence-electron chi connectivity index (χ3n) is 4.46. The Balaban J connectivity index is 2.23. The molecule has 0 saturated carbocycles. The first kappa shape index (κ1) is 16.2. The molecule has 0 N–H and O–H groups in total. The van der Waals surface area contributed by atoms with Crippen molar-refractivity contribution >= 4 is 23.3 Å². The van der Waals surface area contributed by atoms with Crippen LogP contribution in [0.1, 0.15) is 25.0 Å². The predicted molar refractivity (Wildman–Crippen MR) is 81.0 cm³/mol. The predicted octanol–water partition coefficient (Wildman–Crippen LogP) is 4.12. The summed E-state index contributed by atoms with van der Waals surface area (Å²) in [5.74, 6) is -0.571. The van der Waals surface area contributed by atoms with Gasteiger partial charge in [0.2, 0.25) is 0 Å². The minimum atomic E-state index is -4.54. The van der Waals surface area contributed by atoms with Gasteiger partial charge in [0.15, 0.2) is 0 Å². The minimum Gasteiger partial charge on any atom is -0.497 e. The SMILES string of the molecule is COc1ccc2c(c1)C(C)(C)[C@@H]1COC(=O)C(SC(F)(F)F)=C21. The third-order valence-corrected chi connectivity index (χ3v) is 5.28. The molecule has 0 radical (unpaired) electrons. The van der Waals surface area contributed by atoms with E-state index in [1.165, 1.54) is 7.11 Å². The van der Waals surface area contributed by atoms with Crippen LogP contribution >= 0.6 is 11.8 Å². The van der Waals surface area contributed by atoms with Crippen LogP contribution in [0.4, 0.5) is 13.2 Å². The molecule has 0 aromatic heterocycles. The number of hydrogen-bond donors (Lipinski definition) is 0. The number of methoxy groups -OCH3 is 1. The summed E-state index contributed by atoms with van der Waals surface area (Å²) in [6, 6.07) is 5.24. The molecule has 0 saturated heterocycles. The molecule has 1 aliphatic carbocycles. The maximum absolute atomic E-state index is 12.9. The highest BCUT2D eigenvalue weighted by molar-refractivity contribution is 8.05. The van der Waals surface area contributed by atoms with E-state index in [4.69, 9.17) is 9.47 Å². The number of alkyl halides is 3. The molecule has 124 valence electrons. The second kappa shape index (κ2) is 5.19. The van der Waals surface area contributed by atoms with Gasteiger partial charge >= 0.3 is 11.5 Å². The summed E-state index contributed by atoms with van der Waals surface area (Å²) in [5, 5.41) is 0. The number of cyclic esters (lactones) is 1. The molecule has 0 amide bonds. The van der Waals surface area contributed by atoms with E-state index in [9.17, 15) is 18.0 Å². The Kier molecular flexibility index (Phi) is 3.66. The van der Waals surface area contributed by atoms with Crippen molar-refractivity contribution in [2.24, 2.45) is 5.92 Å². The number of rotatable bonds is 2. The van der Waals surface area contributed by atoms with Crippen LogP contribution in [0.5, 0.6) is 5.75 Å². The minimum absolute atomic E-state index is 0.0834. The molecule has 3 nitrogen and oxygen atoms in total. The molecule has 0 bridgehead atoms. The van der Waals surface area contributed by atoms with Gasteiger partial charge in [-0.15, -0.1) is 0 Å². The maximum atomic E-state index is 12.9. The third kappa shape index (κ3) is 2.60. The number of ether oxygens (including phenoxy) is 2. The van der Waals surface area contributed by atoms with Crippen LogP contribution in [0.25, 0.3) is 5.57 Å². The number of esters is 1. The molecule has 0 fully saturated rings. The van der Waals surface area contributed by atoms with Crippen LogP contribution in [-0.4, -0.2) is 25.2 Å². The van der Waals surface area contributed by atoms with Crippen LogP contribution in [0, 0.1) is 5.92 Å². The number of carbonyl (C=O) groups is 1. The first-order valence-electron chi connectivity index (χ1n) is 7.01. The van der Waals surface area contributed by atoms with E-state index < -0.39 is 16.9 Å². The maximum Gasteiger partial charge on any atom is 0.446 e. The second-order valence-corrected chi connectivity index (χ2v) is 7.15. The van der Waals surface area contributed by atoms with Crippen LogP contribution in [0.3, 0.4) is 0 Å². The highest BCUT2D eigenvalue weighted by Crippen LogP contribution is 2.56. The summed E-state index contributed by atoms with van der Waals surface area (Å²) >= 11 is -0.390. The van der Waals surface area contributed by atoms with Gasteiger partial charge in [0.05, 0.1) is 13.7 Å². The van der Waals surface area contributed by atoms with Gasteiger partial charge in [-0.2, -0.15) is 13.2 Å². The van der Waals surface area contributed by atoms with E-state index in [0.717, 1.165) is 5.56 Å². The van der Waals surface area contributed by atoms with E-state index in [2.05, 4.69) is 0 Å². The highest BCUT2D eigenvalue weighted by atomic mass is 32.2. The Morgan fingerprint density at radius 3 is 2.65 bits per heavy atom. The summed E-state index contributed by atoms with van der Waals surface area (Å²) in [7, 11) is 1.54. The molecule has 1 aromatic rings. The van der Waals surface area contributed by atoms with Gasteiger partial charge in [-0.3, -0.25) is 0 Å². The van der Waals surface area contributed by atoms with E-state index in [0.29, 0.717) is 16.9 Å². The number of thioether (sulfide) groups is 1. The zero-order valence-corrected chi connectivity index (χ0v) is 13.6. The molecule has 23 heavy (non-hydrogen) atoms. The smallest absolute Gasteiger partial charge is 0.446 e. The number of benzene rings is 1. The summed E-state index contributed by atoms with van der Waals surface area (Å²) in [6.07, 6.45) is 0. The molecular formula is C16H15F3O3S. The van der Waals surface area contributed by atoms with Gasteiger partial charge in [-0.05, 0) is 40.6 Å². The fraction of sp³-hybridized carbons (Fsp3) is 0.438. The van der Waals surface area contributed by atoms with Crippen molar-refractivity contribution < 1.29 is 27.4 Å². The fourth-order valence-electron chi connectivity index (χ4n) is 3.27. The molecule has 3 rings (SSSR count). The average Bonchev–Trinajstić information content (AvgIpc) is 2.69. The molecule has 0 spiro atoms. The topological polar surface area (TPSA) is 35.5 Å². The first-order chi connectivity index (χ1) is 10.6. The molecule has 1 aliphatic heterocycles. The van der Waals surface area contributed by atoms with E-state index in [1.54, 1.807) is 12.1 Å². The number of hydrogen-bond acceptors (Lipinski definition) is 4. The van der Waals surface area contributed by atoms with Crippen LogP contribution in [-0.2, 0) is 14.9 Å². The quantitative estimate of drug-likeness (QED) is 0.756. The lowest BCUT2D eigenvalue weighted by Gasteiger charge is -2.32. The van der Waals surface area contributed by atoms with Crippen LogP contribution in [0.15, 0.2) is 23.1 Å². The monoisotopic (exact) mass is 344 g/mol. The van der Waals surface area contributed by atoms with Crippen molar-refractivity contribution in [2.75, 3.05) is 13.7 Å².